The van der Waals surface area contributed by atoms with Crippen molar-refractivity contribution < 1.29 is 19.5 Å². The molecular weight excluding hydrogens is 308 g/mol. The summed E-state index contributed by atoms with van der Waals surface area (Å²) in [6, 6.07) is 9.79. The molecule has 0 radical (unpaired) electrons. The lowest BCUT2D eigenvalue weighted by Gasteiger charge is -2.26. The van der Waals surface area contributed by atoms with Crippen LogP contribution < -0.4 is 11.2 Å². The first-order valence-electron chi connectivity index (χ1n) is 7.86. The largest absolute Gasteiger partial charge is 0.493 e. The Kier molecular flexibility index (Phi) is 4.40. The van der Waals surface area contributed by atoms with Crippen molar-refractivity contribution in [1.29, 1.82) is 0 Å². The molecular formula is C18H20N2O4. The molecule has 126 valence electrons. The Balaban J connectivity index is 1.67. The van der Waals surface area contributed by atoms with E-state index in [2.05, 4.69) is 0 Å². The summed E-state index contributed by atoms with van der Waals surface area (Å²) in [5, 5.41) is 8.81. The van der Waals surface area contributed by atoms with Gasteiger partial charge in [-0.05, 0) is 24.0 Å². The third kappa shape index (κ3) is 2.92. The highest BCUT2D eigenvalue weighted by Crippen LogP contribution is 2.60. The molecule has 1 aromatic carbocycles. The molecule has 3 atom stereocenters. The van der Waals surface area contributed by atoms with Gasteiger partial charge in [-0.15, -0.1) is 0 Å². The molecule has 0 saturated heterocycles. The number of carbonyl (C=O) groups excluding carboxylic acids is 2. The zero-order chi connectivity index (χ0) is 17.2. The summed E-state index contributed by atoms with van der Waals surface area (Å²) in [5.74, 6) is -1.14. The molecule has 0 aliphatic heterocycles. The second kappa shape index (κ2) is 6.49. The van der Waals surface area contributed by atoms with Crippen LogP contribution in [-0.2, 0) is 20.9 Å². The molecule has 1 unspecified atom stereocenters. The van der Waals surface area contributed by atoms with Gasteiger partial charge >= 0.3 is 0 Å². The number of hydrogen-bond acceptors (Lipinski definition) is 4. The molecule has 1 fully saturated rings. The van der Waals surface area contributed by atoms with Crippen molar-refractivity contribution in [3.8, 4) is 0 Å². The molecule has 0 aromatic heterocycles. The first-order valence-corrected chi connectivity index (χ1v) is 7.86. The number of hydrogen-bond donors (Lipinski definition) is 3. The predicted molar refractivity (Wildman–Crippen MR) is 86.2 cm³/mol. The lowest BCUT2D eigenvalue weighted by molar-refractivity contribution is -0.135. The molecule has 2 aliphatic carbocycles. The van der Waals surface area contributed by atoms with Crippen LogP contribution in [0.4, 0.5) is 0 Å². The highest BCUT2D eigenvalue weighted by Gasteiger charge is 2.66. The predicted octanol–water partition coefficient (Wildman–Crippen LogP) is 1.66. The summed E-state index contributed by atoms with van der Waals surface area (Å²) in [7, 11) is 0. The molecule has 0 heterocycles. The highest BCUT2D eigenvalue weighted by molar-refractivity contribution is 5.95. The monoisotopic (exact) mass is 328 g/mol. The average molecular weight is 328 g/mol. The molecule has 6 heteroatoms. The van der Waals surface area contributed by atoms with Crippen molar-refractivity contribution in [3.63, 3.8) is 0 Å². The zero-order valence-electron chi connectivity index (χ0n) is 13.1. The van der Waals surface area contributed by atoms with E-state index >= 15 is 0 Å². The average Bonchev–Trinajstić information content (AvgIpc) is 3.38. The minimum absolute atomic E-state index is 0.215. The van der Waals surface area contributed by atoms with Crippen LogP contribution in [0.25, 0.3) is 0 Å². The lowest BCUT2D eigenvalue weighted by atomic mass is 9.81. The first-order chi connectivity index (χ1) is 11.6. The van der Waals surface area contributed by atoms with Gasteiger partial charge in [-0.3, -0.25) is 14.8 Å². The molecule has 2 aliphatic rings. The van der Waals surface area contributed by atoms with E-state index in [9.17, 15) is 9.59 Å². The topological polar surface area (TPSA) is 102 Å². The van der Waals surface area contributed by atoms with E-state index in [1.54, 1.807) is 5.48 Å². The fraction of sp³-hybridized carbons (Fsp3) is 0.333. The summed E-state index contributed by atoms with van der Waals surface area (Å²) in [6.07, 6.45) is 6.41. The van der Waals surface area contributed by atoms with Gasteiger partial charge in [0.15, 0.2) is 0 Å². The fourth-order valence-corrected chi connectivity index (χ4v) is 3.41. The minimum Gasteiger partial charge on any atom is -0.493 e. The van der Waals surface area contributed by atoms with Gasteiger partial charge in [-0.1, -0.05) is 42.5 Å². The van der Waals surface area contributed by atoms with Gasteiger partial charge in [-0.25, -0.2) is 5.48 Å². The normalized spacial score (nSPS) is 28.0. The Hall–Kier alpha value is -2.60. The number of amides is 2. The van der Waals surface area contributed by atoms with E-state index < -0.39 is 23.1 Å². The summed E-state index contributed by atoms with van der Waals surface area (Å²) < 4.78 is 5.83. The number of benzene rings is 1. The van der Waals surface area contributed by atoms with Gasteiger partial charge in [0, 0.05) is 6.42 Å². The third-order valence-electron chi connectivity index (χ3n) is 4.86. The quantitative estimate of drug-likeness (QED) is 0.546. The van der Waals surface area contributed by atoms with Crippen LogP contribution in [0.1, 0.15) is 18.4 Å². The van der Waals surface area contributed by atoms with Crippen LogP contribution in [0.5, 0.6) is 0 Å². The Bertz CT molecular complexity index is 698. The first kappa shape index (κ1) is 16.3. The molecule has 2 amide bonds. The number of ether oxygens (including phenoxy) is 1. The highest BCUT2D eigenvalue weighted by atomic mass is 16.5. The van der Waals surface area contributed by atoms with Crippen LogP contribution >= 0.6 is 0 Å². The molecule has 24 heavy (non-hydrogen) atoms. The minimum atomic E-state index is -0.946. The van der Waals surface area contributed by atoms with Gasteiger partial charge in [0.25, 0.3) is 0 Å². The molecule has 4 N–H and O–H groups in total. The summed E-state index contributed by atoms with van der Waals surface area (Å²) in [6.45, 7) is 0.442. The second-order valence-corrected chi connectivity index (χ2v) is 6.24. The van der Waals surface area contributed by atoms with Gasteiger partial charge < -0.3 is 10.5 Å². The molecule has 1 aromatic rings. The fourth-order valence-electron chi connectivity index (χ4n) is 3.41. The number of allylic oxidation sites excluding steroid dienone is 4. The van der Waals surface area contributed by atoms with Crippen LogP contribution in [-0.4, -0.2) is 17.0 Å². The van der Waals surface area contributed by atoms with Crippen molar-refractivity contribution in [2.75, 3.05) is 0 Å². The molecule has 6 nitrogen and oxygen atoms in total. The van der Waals surface area contributed by atoms with Gasteiger partial charge in [0.1, 0.15) is 6.61 Å². The third-order valence-corrected chi connectivity index (χ3v) is 4.86. The number of primary amides is 1. The smallest absolute Gasteiger partial charge is 0.247 e. The van der Waals surface area contributed by atoms with Crippen molar-refractivity contribution in [2.24, 2.45) is 23.0 Å². The summed E-state index contributed by atoms with van der Waals surface area (Å²) >= 11 is 0. The van der Waals surface area contributed by atoms with Crippen molar-refractivity contribution in [2.45, 2.75) is 19.4 Å². The Morgan fingerprint density at radius 3 is 2.75 bits per heavy atom. The van der Waals surface area contributed by atoms with E-state index in [1.807, 2.05) is 48.6 Å². The van der Waals surface area contributed by atoms with Crippen molar-refractivity contribution in [1.82, 2.24) is 5.48 Å². The van der Waals surface area contributed by atoms with E-state index in [0.717, 1.165) is 11.3 Å². The maximum absolute atomic E-state index is 12.0. The zero-order valence-corrected chi connectivity index (χ0v) is 13.1. The van der Waals surface area contributed by atoms with Crippen LogP contribution in [0.2, 0.25) is 0 Å². The van der Waals surface area contributed by atoms with E-state index in [4.69, 9.17) is 15.7 Å². The van der Waals surface area contributed by atoms with Crippen molar-refractivity contribution in [3.05, 3.63) is 59.9 Å². The summed E-state index contributed by atoms with van der Waals surface area (Å²) in [4.78, 5) is 23.7. The summed E-state index contributed by atoms with van der Waals surface area (Å²) in [5.41, 5.74) is 7.29. The van der Waals surface area contributed by atoms with E-state index in [1.165, 1.54) is 0 Å². The Morgan fingerprint density at radius 1 is 1.33 bits per heavy atom. The number of hydroxylamine groups is 1. The number of rotatable bonds is 6. The SMILES string of the molecule is NC(=O)[C@]1(C2C=CC=C(OCc3ccccc3)C2)C[C@H]1C(=O)NO. The standard InChI is InChI=1S/C18H20N2O4/c19-17(22)18(10-15(18)16(21)20-23)13-7-4-8-14(9-13)24-11-12-5-2-1-3-6-12/h1-8,13,15,23H,9-11H2,(H2,19,22)(H,20,21)/t13?,15-,18-/m0/s1. The van der Waals surface area contributed by atoms with Gasteiger partial charge in [0.05, 0.1) is 17.1 Å². The maximum atomic E-state index is 12.0. The molecule has 3 rings (SSSR count). The van der Waals surface area contributed by atoms with E-state index in [-0.39, 0.29) is 5.92 Å². The Labute approximate surface area is 139 Å². The van der Waals surface area contributed by atoms with Crippen LogP contribution in [0, 0.1) is 17.3 Å². The second-order valence-electron chi connectivity index (χ2n) is 6.24. The molecule has 0 spiro atoms. The lowest BCUT2D eigenvalue weighted by Crippen LogP contribution is -2.37. The van der Waals surface area contributed by atoms with Crippen molar-refractivity contribution >= 4 is 11.8 Å². The van der Waals surface area contributed by atoms with Gasteiger partial charge in [0.2, 0.25) is 11.8 Å². The molecule has 0 bridgehead atoms. The number of nitrogens with one attached hydrogen (secondary N) is 1. The van der Waals surface area contributed by atoms with E-state index in [0.29, 0.717) is 19.4 Å². The van der Waals surface area contributed by atoms with Gasteiger partial charge in [-0.2, -0.15) is 0 Å². The number of nitrogens with two attached hydrogens (primary N) is 1. The molecule has 1 saturated carbocycles. The Morgan fingerprint density at radius 2 is 2.08 bits per heavy atom. The van der Waals surface area contributed by atoms with Crippen LogP contribution in [0.3, 0.4) is 0 Å². The number of carbonyl (C=O) groups is 2. The maximum Gasteiger partial charge on any atom is 0.247 e. The van der Waals surface area contributed by atoms with Crippen LogP contribution in [0.15, 0.2) is 54.3 Å².